The normalized spacial score (nSPS) is 10.8. The highest BCUT2D eigenvalue weighted by Gasteiger charge is 2.09. The van der Waals surface area contributed by atoms with E-state index in [4.69, 9.17) is 4.74 Å². The van der Waals surface area contributed by atoms with E-state index in [1.54, 1.807) is 11.3 Å². The summed E-state index contributed by atoms with van der Waals surface area (Å²) >= 11 is 1.59. The molecule has 0 saturated heterocycles. The molecule has 0 radical (unpaired) electrons. The molecule has 0 unspecified atom stereocenters. The van der Waals surface area contributed by atoms with Gasteiger partial charge in [-0.15, -0.1) is 11.3 Å². The average Bonchev–Trinajstić information content (AvgIpc) is 2.91. The molecule has 0 spiro atoms. The van der Waals surface area contributed by atoms with Crippen molar-refractivity contribution in [2.24, 2.45) is 0 Å². The van der Waals surface area contributed by atoms with Gasteiger partial charge in [0, 0.05) is 12.1 Å². The number of hydrogen-bond acceptors (Lipinski definition) is 5. The first kappa shape index (κ1) is 12.1. The van der Waals surface area contributed by atoms with Crippen LogP contribution in [0.2, 0.25) is 0 Å². The van der Waals surface area contributed by atoms with Gasteiger partial charge in [0.2, 0.25) is 5.88 Å². The van der Waals surface area contributed by atoms with Crippen molar-refractivity contribution in [1.82, 2.24) is 15.3 Å². The van der Waals surface area contributed by atoms with Crippen molar-refractivity contribution >= 4 is 21.6 Å². The maximum atomic E-state index is 5.95. The van der Waals surface area contributed by atoms with Crippen LogP contribution in [0.1, 0.15) is 5.56 Å². The van der Waals surface area contributed by atoms with Crippen molar-refractivity contribution in [1.29, 1.82) is 0 Å². The fraction of sp³-hybridized carbons (Fsp3) is 0.143. The third kappa shape index (κ3) is 2.43. The van der Waals surface area contributed by atoms with E-state index in [1.807, 2.05) is 42.8 Å². The smallest absolute Gasteiger partial charge is 0.240 e. The molecule has 0 aliphatic carbocycles. The fourth-order valence-corrected chi connectivity index (χ4v) is 2.65. The highest BCUT2D eigenvalue weighted by atomic mass is 32.1. The Morgan fingerprint density at radius 2 is 2.11 bits per heavy atom. The molecule has 1 aromatic carbocycles. The van der Waals surface area contributed by atoms with Crippen LogP contribution in [0, 0.1) is 0 Å². The second kappa shape index (κ2) is 5.34. The van der Waals surface area contributed by atoms with E-state index in [9.17, 15) is 0 Å². The van der Waals surface area contributed by atoms with Crippen LogP contribution in [-0.2, 0) is 6.54 Å². The van der Waals surface area contributed by atoms with Crippen LogP contribution in [0.25, 0.3) is 10.2 Å². The number of hydrogen-bond donors (Lipinski definition) is 1. The molecule has 5 heteroatoms. The Balaban J connectivity index is 1.99. The van der Waals surface area contributed by atoms with Gasteiger partial charge >= 0.3 is 0 Å². The maximum absolute atomic E-state index is 5.95. The zero-order chi connectivity index (χ0) is 13.1. The number of rotatable bonds is 4. The molecule has 0 amide bonds. The molecule has 0 aliphatic heterocycles. The number of aromatic nitrogens is 2. The molecule has 4 nitrogen and oxygen atoms in total. The van der Waals surface area contributed by atoms with Gasteiger partial charge in [0.05, 0.1) is 5.52 Å². The van der Waals surface area contributed by atoms with Crippen molar-refractivity contribution in [2.75, 3.05) is 7.05 Å². The van der Waals surface area contributed by atoms with Gasteiger partial charge in [-0.05, 0) is 24.6 Å². The standard InChI is InChI=1S/C14H13N3OS/c1-15-8-10-4-2-3-5-12(10)18-14-13-11(6-7-19-13)16-9-17-14/h2-7,9,15H,8H2,1H3. The quantitative estimate of drug-likeness (QED) is 0.791. The minimum absolute atomic E-state index is 0.614. The van der Waals surface area contributed by atoms with Crippen molar-refractivity contribution in [3.63, 3.8) is 0 Å². The maximum Gasteiger partial charge on any atom is 0.240 e. The summed E-state index contributed by atoms with van der Waals surface area (Å²) in [7, 11) is 1.92. The molecule has 1 N–H and O–H groups in total. The number of nitrogens with zero attached hydrogens (tertiary/aromatic N) is 2. The summed E-state index contributed by atoms with van der Waals surface area (Å²) in [6.45, 7) is 0.759. The molecule has 0 aliphatic rings. The molecular weight excluding hydrogens is 258 g/mol. The minimum atomic E-state index is 0.614. The minimum Gasteiger partial charge on any atom is -0.437 e. The Kier molecular flexibility index (Phi) is 3.39. The lowest BCUT2D eigenvalue weighted by Gasteiger charge is -2.10. The van der Waals surface area contributed by atoms with Crippen LogP contribution in [0.3, 0.4) is 0 Å². The number of thiophene rings is 1. The summed E-state index contributed by atoms with van der Waals surface area (Å²) in [6, 6.07) is 9.92. The molecule has 0 atom stereocenters. The molecule has 0 fully saturated rings. The highest BCUT2D eigenvalue weighted by Crippen LogP contribution is 2.31. The van der Waals surface area contributed by atoms with E-state index in [0.717, 1.165) is 28.1 Å². The fourth-order valence-electron chi connectivity index (χ4n) is 1.88. The van der Waals surface area contributed by atoms with Crippen LogP contribution < -0.4 is 10.1 Å². The third-order valence-corrected chi connectivity index (χ3v) is 3.65. The predicted octanol–water partition coefficient (Wildman–Crippen LogP) is 3.20. The number of ether oxygens (including phenoxy) is 1. The summed E-state index contributed by atoms with van der Waals surface area (Å²) in [4.78, 5) is 8.44. The zero-order valence-corrected chi connectivity index (χ0v) is 11.3. The van der Waals surface area contributed by atoms with Gasteiger partial charge in [0.1, 0.15) is 16.8 Å². The van der Waals surface area contributed by atoms with Gasteiger partial charge in [-0.1, -0.05) is 18.2 Å². The van der Waals surface area contributed by atoms with Gasteiger partial charge in [0.15, 0.2) is 0 Å². The molecule has 0 saturated carbocycles. The Morgan fingerprint density at radius 3 is 3.00 bits per heavy atom. The van der Waals surface area contributed by atoms with Crippen LogP contribution in [0.5, 0.6) is 11.6 Å². The van der Waals surface area contributed by atoms with Gasteiger partial charge in [0.25, 0.3) is 0 Å². The van der Waals surface area contributed by atoms with Crippen LogP contribution in [-0.4, -0.2) is 17.0 Å². The Hall–Kier alpha value is -1.98. The lowest BCUT2D eigenvalue weighted by molar-refractivity contribution is 0.461. The van der Waals surface area contributed by atoms with Crippen LogP contribution in [0.15, 0.2) is 42.0 Å². The monoisotopic (exact) mass is 271 g/mol. The summed E-state index contributed by atoms with van der Waals surface area (Å²) in [5, 5.41) is 5.12. The van der Waals surface area contributed by atoms with Crippen molar-refractivity contribution in [3.8, 4) is 11.6 Å². The zero-order valence-electron chi connectivity index (χ0n) is 10.5. The second-order valence-electron chi connectivity index (χ2n) is 4.05. The van der Waals surface area contributed by atoms with E-state index < -0.39 is 0 Å². The molecule has 2 heterocycles. The van der Waals surface area contributed by atoms with Crippen molar-refractivity contribution < 1.29 is 4.74 Å². The lowest BCUT2D eigenvalue weighted by atomic mass is 10.2. The number of benzene rings is 1. The molecule has 0 bridgehead atoms. The first-order chi connectivity index (χ1) is 9.38. The van der Waals surface area contributed by atoms with Crippen LogP contribution in [0.4, 0.5) is 0 Å². The van der Waals surface area contributed by atoms with Crippen molar-refractivity contribution in [2.45, 2.75) is 6.54 Å². The molecule has 96 valence electrons. The van der Waals surface area contributed by atoms with E-state index in [2.05, 4.69) is 15.3 Å². The Bertz CT molecular complexity index is 696. The van der Waals surface area contributed by atoms with Gasteiger partial charge in [-0.25, -0.2) is 9.97 Å². The third-order valence-electron chi connectivity index (χ3n) is 2.76. The van der Waals surface area contributed by atoms with E-state index in [0.29, 0.717) is 5.88 Å². The van der Waals surface area contributed by atoms with Gasteiger partial charge < -0.3 is 10.1 Å². The van der Waals surface area contributed by atoms with Gasteiger partial charge in [-0.3, -0.25) is 0 Å². The van der Waals surface area contributed by atoms with Crippen molar-refractivity contribution in [3.05, 3.63) is 47.6 Å². The summed E-state index contributed by atoms with van der Waals surface area (Å²) in [5.74, 6) is 1.44. The molecule has 3 rings (SSSR count). The van der Waals surface area contributed by atoms with Gasteiger partial charge in [-0.2, -0.15) is 0 Å². The van der Waals surface area contributed by atoms with E-state index in [1.165, 1.54) is 6.33 Å². The summed E-state index contributed by atoms with van der Waals surface area (Å²) in [5.41, 5.74) is 2.02. The molecular formula is C14H13N3OS. The van der Waals surface area contributed by atoms with E-state index in [-0.39, 0.29) is 0 Å². The number of nitrogens with one attached hydrogen (secondary N) is 1. The molecule has 3 aromatic rings. The second-order valence-corrected chi connectivity index (χ2v) is 4.97. The van der Waals surface area contributed by atoms with E-state index >= 15 is 0 Å². The summed E-state index contributed by atoms with van der Waals surface area (Å²) in [6.07, 6.45) is 1.53. The Labute approximate surface area is 115 Å². The van der Waals surface area contributed by atoms with Crippen LogP contribution >= 0.6 is 11.3 Å². The lowest BCUT2D eigenvalue weighted by Crippen LogP contribution is -2.06. The number of para-hydroxylation sites is 1. The highest BCUT2D eigenvalue weighted by molar-refractivity contribution is 7.17. The SMILES string of the molecule is CNCc1ccccc1Oc1ncnc2ccsc12. The largest absolute Gasteiger partial charge is 0.437 e. The predicted molar refractivity (Wildman–Crippen MR) is 76.7 cm³/mol. The first-order valence-corrected chi connectivity index (χ1v) is 6.85. The molecule has 2 aromatic heterocycles. The summed E-state index contributed by atoms with van der Waals surface area (Å²) < 4.78 is 6.93. The first-order valence-electron chi connectivity index (χ1n) is 5.97. The average molecular weight is 271 g/mol. The Morgan fingerprint density at radius 1 is 1.21 bits per heavy atom. The number of fused-ring (bicyclic) bond motifs is 1. The molecule has 19 heavy (non-hydrogen) atoms. The topological polar surface area (TPSA) is 47.0 Å².